The number of halogens is 1. The molecule has 5 N–H and O–H groups in total. The molecule has 106 valence electrons. The van der Waals surface area contributed by atoms with E-state index in [0.29, 0.717) is 17.0 Å². The van der Waals surface area contributed by atoms with Gasteiger partial charge in [0.1, 0.15) is 11.9 Å². The number of aliphatic carboxylic acids is 1. The zero-order chi connectivity index (χ0) is 14.9. The summed E-state index contributed by atoms with van der Waals surface area (Å²) in [5.74, 6) is -0.804. The fraction of sp³-hybridized carbons (Fsp3) is 0.214. The average Bonchev–Trinajstić information content (AvgIpc) is 2.42. The predicted molar refractivity (Wildman–Crippen MR) is 73.0 cm³/mol. The Balaban J connectivity index is 2.43. The Morgan fingerprint density at radius 1 is 1.50 bits per heavy atom. The normalized spacial score (nSPS) is 25.1. The maximum atomic E-state index is 14.3. The Hall–Kier alpha value is -2.34. The van der Waals surface area contributed by atoms with Gasteiger partial charge in [0, 0.05) is 0 Å². The number of benzene rings is 1. The zero-order valence-electron chi connectivity index (χ0n) is 10.8. The molecule has 2 atom stereocenters. The highest BCUT2D eigenvalue weighted by molar-refractivity contribution is 5.90. The van der Waals surface area contributed by atoms with Crippen LogP contribution >= 0.6 is 0 Å². The number of rotatable bonds is 3. The molecule has 2 rings (SSSR count). The molecule has 0 bridgehead atoms. The average molecular weight is 278 g/mol. The van der Waals surface area contributed by atoms with Crippen LogP contribution in [0.2, 0.25) is 0 Å². The van der Waals surface area contributed by atoms with Gasteiger partial charge in [-0.25, -0.2) is 9.18 Å². The number of anilines is 1. The maximum Gasteiger partial charge on any atom is 0.335 e. The second-order valence-electron chi connectivity index (χ2n) is 4.55. The minimum Gasteiger partial charge on any atom is -0.495 e. The van der Waals surface area contributed by atoms with Crippen molar-refractivity contribution in [3.8, 4) is 5.75 Å². The first-order valence-electron chi connectivity index (χ1n) is 5.90. The van der Waals surface area contributed by atoms with E-state index in [2.05, 4.69) is 0 Å². The van der Waals surface area contributed by atoms with Crippen molar-refractivity contribution in [3.05, 3.63) is 47.6 Å². The summed E-state index contributed by atoms with van der Waals surface area (Å²) in [7, 11) is 1.45. The summed E-state index contributed by atoms with van der Waals surface area (Å²) in [5.41, 5.74) is 11.1. The number of alkyl halides is 1. The topological polar surface area (TPSA) is 98.6 Å². The van der Waals surface area contributed by atoms with Crippen LogP contribution in [0, 0.1) is 0 Å². The fourth-order valence-corrected chi connectivity index (χ4v) is 2.05. The Bertz CT molecular complexity index is 612. The van der Waals surface area contributed by atoms with Crippen LogP contribution in [0.5, 0.6) is 5.75 Å². The van der Waals surface area contributed by atoms with Crippen LogP contribution < -0.4 is 16.2 Å². The van der Waals surface area contributed by atoms with Crippen molar-refractivity contribution >= 4 is 11.7 Å². The third-order valence-electron chi connectivity index (χ3n) is 3.30. The number of carbonyl (C=O) groups is 1. The number of hydrogen-bond acceptors (Lipinski definition) is 4. The van der Waals surface area contributed by atoms with Gasteiger partial charge < -0.3 is 21.3 Å². The van der Waals surface area contributed by atoms with E-state index in [1.165, 1.54) is 19.3 Å². The molecule has 0 amide bonds. The van der Waals surface area contributed by atoms with Gasteiger partial charge in [-0.1, -0.05) is 12.1 Å². The number of nitrogens with two attached hydrogens (primary N) is 2. The molecule has 5 nitrogen and oxygen atoms in total. The second kappa shape index (κ2) is 4.97. The van der Waals surface area contributed by atoms with E-state index in [0.717, 1.165) is 6.08 Å². The quantitative estimate of drug-likeness (QED) is 0.725. The van der Waals surface area contributed by atoms with Gasteiger partial charge in [-0.15, -0.1) is 0 Å². The lowest BCUT2D eigenvalue weighted by Crippen LogP contribution is -2.44. The maximum absolute atomic E-state index is 14.3. The van der Waals surface area contributed by atoms with E-state index < -0.39 is 17.7 Å². The van der Waals surface area contributed by atoms with Gasteiger partial charge in [0.15, 0.2) is 0 Å². The monoisotopic (exact) mass is 278 g/mol. The molecule has 0 radical (unpaired) electrons. The van der Waals surface area contributed by atoms with Crippen molar-refractivity contribution in [1.29, 1.82) is 0 Å². The van der Waals surface area contributed by atoms with Crippen LogP contribution in [0.15, 0.2) is 42.0 Å². The van der Waals surface area contributed by atoms with Gasteiger partial charge in [0.25, 0.3) is 0 Å². The molecule has 0 aliphatic heterocycles. The van der Waals surface area contributed by atoms with E-state index in [-0.39, 0.29) is 5.57 Å². The number of methoxy groups -OCH3 is 1. The van der Waals surface area contributed by atoms with Crippen LogP contribution in [0.1, 0.15) is 5.56 Å². The number of ether oxygens (including phenoxy) is 1. The lowest BCUT2D eigenvalue weighted by atomic mass is 9.81. The predicted octanol–water partition coefficient (Wildman–Crippen LogP) is 1.35. The van der Waals surface area contributed by atoms with Crippen molar-refractivity contribution in [2.45, 2.75) is 11.7 Å². The van der Waals surface area contributed by atoms with Crippen molar-refractivity contribution in [2.75, 3.05) is 12.8 Å². The summed E-state index contributed by atoms with van der Waals surface area (Å²) in [6.07, 6.45) is 1.96. The lowest BCUT2D eigenvalue weighted by molar-refractivity contribution is -0.132. The second-order valence-corrected chi connectivity index (χ2v) is 4.55. The first-order chi connectivity index (χ1) is 9.38. The fourth-order valence-electron chi connectivity index (χ4n) is 2.05. The Kier molecular flexibility index (Phi) is 3.50. The van der Waals surface area contributed by atoms with Gasteiger partial charge in [0.2, 0.25) is 0 Å². The largest absolute Gasteiger partial charge is 0.495 e. The molecular weight excluding hydrogens is 263 g/mol. The lowest BCUT2D eigenvalue weighted by Gasteiger charge is -2.31. The molecule has 0 saturated carbocycles. The highest BCUT2D eigenvalue weighted by Crippen LogP contribution is 2.35. The number of nitrogen functional groups attached to an aromatic ring is 1. The van der Waals surface area contributed by atoms with E-state index in [1.807, 2.05) is 0 Å². The van der Waals surface area contributed by atoms with Gasteiger partial charge in [0.05, 0.1) is 23.9 Å². The van der Waals surface area contributed by atoms with E-state index in [4.69, 9.17) is 21.3 Å². The standard InChI is InChI=1S/C14H15FN2O3/c1-20-11-7-9(2-3-10(11)16)14(17)5-4-8(13(18)19)6-12(14)15/h2-7,12H,16-17H2,1H3,(H,18,19). The Morgan fingerprint density at radius 2 is 2.20 bits per heavy atom. The first kappa shape index (κ1) is 14.1. The summed E-state index contributed by atoms with van der Waals surface area (Å²) >= 11 is 0. The van der Waals surface area contributed by atoms with E-state index in [1.54, 1.807) is 18.2 Å². The molecule has 0 fully saturated rings. The minimum absolute atomic E-state index is 0.124. The van der Waals surface area contributed by atoms with Crippen molar-refractivity contribution in [2.24, 2.45) is 5.73 Å². The summed E-state index contributed by atoms with van der Waals surface area (Å²) in [4.78, 5) is 10.8. The molecule has 1 aliphatic carbocycles. The number of carboxylic acids is 1. The molecule has 0 spiro atoms. The highest BCUT2D eigenvalue weighted by atomic mass is 19.1. The van der Waals surface area contributed by atoms with Crippen LogP contribution in [0.4, 0.5) is 10.1 Å². The van der Waals surface area contributed by atoms with Crippen molar-refractivity contribution in [3.63, 3.8) is 0 Å². The SMILES string of the molecule is COc1cc(C2(N)C=CC(C(=O)O)=CC2F)ccc1N. The molecule has 2 unspecified atom stereocenters. The van der Waals surface area contributed by atoms with Crippen LogP contribution in [0.25, 0.3) is 0 Å². The van der Waals surface area contributed by atoms with Gasteiger partial charge in [-0.2, -0.15) is 0 Å². The molecule has 0 heterocycles. The molecule has 1 aromatic rings. The van der Waals surface area contributed by atoms with Crippen LogP contribution in [-0.4, -0.2) is 24.4 Å². The Morgan fingerprint density at radius 3 is 2.75 bits per heavy atom. The van der Waals surface area contributed by atoms with Crippen LogP contribution in [0.3, 0.4) is 0 Å². The molecule has 20 heavy (non-hydrogen) atoms. The molecule has 6 heteroatoms. The molecule has 0 saturated heterocycles. The Labute approximate surface area is 115 Å². The van der Waals surface area contributed by atoms with Crippen LogP contribution in [-0.2, 0) is 10.3 Å². The summed E-state index contributed by atoms with van der Waals surface area (Å²) < 4.78 is 19.4. The van der Waals surface area contributed by atoms with Gasteiger partial charge in [-0.05, 0) is 29.8 Å². The van der Waals surface area contributed by atoms with E-state index >= 15 is 0 Å². The van der Waals surface area contributed by atoms with Crippen molar-refractivity contribution < 1.29 is 19.0 Å². The molecule has 0 aromatic heterocycles. The zero-order valence-corrected chi connectivity index (χ0v) is 10.8. The first-order valence-corrected chi connectivity index (χ1v) is 5.90. The third-order valence-corrected chi connectivity index (χ3v) is 3.30. The number of carboxylic acid groups (broad SMARTS) is 1. The highest BCUT2D eigenvalue weighted by Gasteiger charge is 2.37. The minimum atomic E-state index is -1.66. The molecule has 1 aromatic carbocycles. The van der Waals surface area contributed by atoms with Gasteiger partial charge >= 0.3 is 5.97 Å². The van der Waals surface area contributed by atoms with Crippen molar-refractivity contribution in [1.82, 2.24) is 0 Å². The van der Waals surface area contributed by atoms with E-state index in [9.17, 15) is 9.18 Å². The summed E-state index contributed by atoms with van der Waals surface area (Å²) in [6.45, 7) is 0. The smallest absolute Gasteiger partial charge is 0.335 e. The molecular formula is C14H15FN2O3. The summed E-state index contributed by atoms with van der Waals surface area (Å²) in [5, 5.41) is 8.85. The third kappa shape index (κ3) is 2.25. The van der Waals surface area contributed by atoms with Gasteiger partial charge in [-0.3, -0.25) is 0 Å². The number of hydrogen-bond donors (Lipinski definition) is 3. The summed E-state index contributed by atoms with van der Waals surface area (Å²) in [6, 6.07) is 4.71. The molecule has 1 aliphatic rings.